The summed E-state index contributed by atoms with van der Waals surface area (Å²) in [5.41, 5.74) is 0.176. The molecule has 25 heavy (non-hydrogen) atoms. The summed E-state index contributed by atoms with van der Waals surface area (Å²) in [7, 11) is 0. The van der Waals surface area contributed by atoms with Gasteiger partial charge in [0.05, 0.1) is 16.1 Å². The third-order valence-electron chi connectivity index (χ3n) is 3.51. The van der Waals surface area contributed by atoms with Crippen molar-refractivity contribution in [2.24, 2.45) is 0 Å². The number of carbonyl (C=O) groups is 1. The van der Waals surface area contributed by atoms with E-state index in [9.17, 15) is 14.9 Å². The Kier molecular flexibility index (Phi) is 4.00. The van der Waals surface area contributed by atoms with Gasteiger partial charge in [-0.1, -0.05) is 18.2 Å². The first-order chi connectivity index (χ1) is 11.8. The molecule has 128 valence electrons. The second kappa shape index (κ2) is 6.01. The lowest BCUT2D eigenvalue weighted by molar-refractivity contribution is -0.384. The van der Waals surface area contributed by atoms with Crippen molar-refractivity contribution in [2.45, 2.75) is 26.4 Å². The van der Waals surface area contributed by atoms with E-state index >= 15 is 0 Å². The summed E-state index contributed by atoms with van der Waals surface area (Å²) in [5, 5.41) is 12.1. The monoisotopic (exact) mass is 339 g/mol. The van der Waals surface area contributed by atoms with Crippen LogP contribution in [0, 0.1) is 10.1 Å². The lowest BCUT2D eigenvalue weighted by atomic mass is 10.2. The molecular weight excluding hydrogens is 322 g/mol. The molecule has 0 atom stereocenters. The molecule has 7 nitrogen and oxygen atoms in total. The minimum atomic E-state index is -0.699. The van der Waals surface area contributed by atoms with E-state index in [1.807, 2.05) is 12.1 Å². The second-order valence-corrected chi connectivity index (χ2v) is 6.53. The molecule has 1 aromatic carbocycles. The third kappa shape index (κ3) is 3.21. The predicted molar refractivity (Wildman–Crippen MR) is 93.5 cm³/mol. The summed E-state index contributed by atoms with van der Waals surface area (Å²) in [6, 6.07) is 11.8. The zero-order valence-electron chi connectivity index (χ0n) is 14.1. The minimum absolute atomic E-state index is 0.120. The van der Waals surface area contributed by atoms with Gasteiger partial charge in [-0.2, -0.15) is 0 Å². The van der Waals surface area contributed by atoms with Crippen molar-refractivity contribution in [1.82, 2.24) is 9.55 Å². The lowest BCUT2D eigenvalue weighted by Crippen LogP contribution is -2.27. The van der Waals surface area contributed by atoms with Gasteiger partial charge in [-0.3, -0.25) is 10.1 Å². The number of carbonyl (C=O) groups excluding carboxylic acids is 1. The van der Waals surface area contributed by atoms with Crippen LogP contribution in [0.2, 0.25) is 0 Å². The number of hydrogen-bond acceptors (Lipinski definition) is 5. The van der Waals surface area contributed by atoms with E-state index in [0.29, 0.717) is 11.2 Å². The number of hydrogen-bond donors (Lipinski definition) is 0. The van der Waals surface area contributed by atoms with Gasteiger partial charge in [-0.05, 0) is 39.0 Å². The van der Waals surface area contributed by atoms with Crippen LogP contribution >= 0.6 is 0 Å². The molecule has 0 spiro atoms. The van der Waals surface area contributed by atoms with Gasteiger partial charge in [0.15, 0.2) is 5.69 Å². The highest BCUT2D eigenvalue weighted by Crippen LogP contribution is 2.33. The molecule has 3 aromatic rings. The smallest absolute Gasteiger partial charge is 0.419 e. The Morgan fingerprint density at radius 1 is 1.20 bits per heavy atom. The first-order valence-corrected chi connectivity index (χ1v) is 7.71. The van der Waals surface area contributed by atoms with E-state index in [0.717, 1.165) is 5.39 Å². The van der Waals surface area contributed by atoms with Gasteiger partial charge in [-0.25, -0.2) is 14.3 Å². The fraction of sp³-hybridized carbons (Fsp3) is 0.222. The number of nitro groups is 1. The number of fused-ring (bicyclic) bond motifs is 1. The molecule has 0 N–H and O–H groups in total. The highest BCUT2D eigenvalue weighted by molar-refractivity contribution is 5.96. The fourth-order valence-corrected chi connectivity index (χ4v) is 2.57. The molecule has 2 aromatic heterocycles. The summed E-state index contributed by atoms with van der Waals surface area (Å²) in [6.45, 7) is 5.29. The van der Waals surface area contributed by atoms with Crippen molar-refractivity contribution in [3.8, 4) is 11.4 Å². The van der Waals surface area contributed by atoms with Crippen molar-refractivity contribution >= 4 is 22.7 Å². The third-order valence-corrected chi connectivity index (χ3v) is 3.51. The highest BCUT2D eigenvalue weighted by Gasteiger charge is 2.26. The molecule has 7 heteroatoms. The van der Waals surface area contributed by atoms with Crippen LogP contribution in [0.4, 0.5) is 10.5 Å². The Labute approximate surface area is 144 Å². The minimum Gasteiger partial charge on any atom is -0.443 e. The number of benzene rings is 1. The fourth-order valence-electron chi connectivity index (χ4n) is 2.57. The van der Waals surface area contributed by atoms with Crippen molar-refractivity contribution in [3.63, 3.8) is 0 Å². The SMILES string of the molecule is CC(C)(C)OC(=O)n1c(-c2ncccc2[N+](=O)[O-])cc2ccccc21. The van der Waals surface area contributed by atoms with Crippen LogP contribution < -0.4 is 0 Å². The van der Waals surface area contributed by atoms with Crippen LogP contribution in [-0.4, -0.2) is 26.2 Å². The maximum absolute atomic E-state index is 12.8. The summed E-state index contributed by atoms with van der Waals surface area (Å²) in [5.74, 6) is 0. The summed E-state index contributed by atoms with van der Waals surface area (Å²) < 4.78 is 6.81. The molecule has 3 rings (SSSR count). The summed E-state index contributed by atoms with van der Waals surface area (Å²) in [6.07, 6.45) is 0.850. The van der Waals surface area contributed by atoms with E-state index in [-0.39, 0.29) is 11.4 Å². The van der Waals surface area contributed by atoms with Gasteiger partial charge >= 0.3 is 6.09 Å². The zero-order valence-corrected chi connectivity index (χ0v) is 14.1. The van der Waals surface area contributed by atoms with Crippen LogP contribution in [0.15, 0.2) is 48.7 Å². The van der Waals surface area contributed by atoms with Gasteiger partial charge in [0.1, 0.15) is 5.60 Å². The Bertz CT molecular complexity index is 970. The van der Waals surface area contributed by atoms with Gasteiger partial charge in [0, 0.05) is 17.6 Å². The van der Waals surface area contributed by atoms with E-state index in [2.05, 4.69) is 4.98 Å². The number of aromatic nitrogens is 2. The predicted octanol–water partition coefficient (Wildman–Crippen LogP) is 4.39. The van der Waals surface area contributed by atoms with E-state index in [4.69, 9.17) is 4.74 Å². The second-order valence-electron chi connectivity index (χ2n) is 6.53. The number of rotatable bonds is 2. The van der Waals surface area contributed by atoms with Crippen molar-refractivity contribution in [1.29, 1.82) is 0 Å². The van der Waals surface area contributed by atoms with Crippen molar-refractivity contribution < 1.29 is 14.5 Å². The maximum atomic E-state index is 12.8. The molecule has 2 heterocycles. The first kappa shape index (κ1) is 16.6. The van der Waals surface area contributed by atoms with E-state index < -0.39 is 16.6 Å². The zero-order chi connectivity index (χ0) is 18.2. The normalized spacial score (nSPS) is 11.5. The molecule has 0 radical (unpaired) electrons. The quantitative estimate of drug-likeness (QED) is 0.510. The molecule has 0 bridgehead atoms. The van der Waals surface area contributed by atoms with Crippen LogP contribution in [0.25, 0.3) is 22.3 Å². The van der Waals surface area contributed by atoms with Gasteiger partial charge in [-0.15, -0.1) is 0 Å². The van der Waals surface area contributed by atoms with Gasteiger partial charge in [0.2, 0.25) is 0 Å². The Morgan fingerprint density at radius 3 is 2.60 bits per heavy atom. The highest BCUT2D eigenvalue weighted by atomic mass is 16.6. The molecule has 0 aliphatic rings. The Morgan fingerprint density at radius 2 is 1.92 bits per heavy atom. The van der Waals surface area contributed by atoms with Crippen LogP contribution in [0.5, 0.6) is 0 Å². The Balaban J connectivity index is 2.28. The molecule has 0 aliphatic carbocycles. The largest absolute Gasteiger partial charge is 0.443 e. The number of pyridine rings is 1. The van der Waals surface area contributed by atoms with Crippen LogP contribution in [0.1, 0.15) is 20.8 Å². The van der Waals surface area contributed by atoms with E-state index in [1.54, 1.807) is 39.0 Å². The molecule has 0 unspecified atom stereocenters. The molecular formula is C18H17N3O4. The Hall–Kier alpha value is -3.22. The van der Waals surface area contributed by atoms with Crippen LogP contribution in [0.3, 0.4) is 0 Å². The molecule has 0 saturated carbocycles. The number of ether oxygens (including phenoxy) is 1. The maximum Gasteiger partial charge on any atom is 0.419 e. The average molecular weight is 339 g/mol. The molecule has 0 fully saturated rings. The van der Waals surface area contributed by atoms with Crippen molar-refractivity contribution in [2.75, 3.05) is 0 Å². The molecule has 0 aliphatic heterocycles. The summed E-state index contributed by atoms with van der Waals surface area (Å²) >= 11 is 0. The lowest BCUT2D eigenvalue weighted by Gasteiger charge is -2.20. The number of para-hydroxylation sites is 1. The molecule has 0 amide bonds. The van der Waals surface area contributed by atoms with Crippen molar-refractivity contribution in [3.05, 3.63) is 58.8 Å². The van der Waals surface area contributed by atoms with Crippen LogP contribution in [-0.2, 0) is 4.74 Å². The van der Waals surface area contributed by atoms with E-state index in [1.165, 1.54) is 22.9 Å². The average Bonchev–Trinajstić information content (AvgIpc) is 2.92. The molecule has 0 saturated heterocycles. The van der Waals surface area contributed by atoms with Gasteiger partial charge in [0.25, 0.3) is 5.69 Å². The summed E-state index contributed by atoms with van der Waals surface area (Å²) in [4.78, 5) is 27.7. The standard InChI is InChI=1S/C18H17N3O4/c1-18(2,3)25-17(22)20-13-8-5-4-7-12(13)11-15(20)16-14(21(23)24)9-6-10-19-16/h4-11H,1-3H3. The van der Waals surface area contributed by atoms with Gasteiger partial charge < -0.3 is 4.74 Å². The first-order valence-electron chi connectivity index (χ1n) is 7.71. The number of nitrogens with zero attached hydrogens (tertiary/aromatic N) is 3. The topological polar surface area (TPSA) is 87.3 Å².